The summed E-state index contributed by atoms with van der Waals surface area (Å²) >= 11 is 0. The van der Waals surface area contributed by atoms with E-state index in [2.05, 4.69) is 11.9 Å². The minimum absolute atomic E-state index is 0.457. The Morgan fingerprint density at radius 1 is 1.50 bits per heavy atom. The minimum atomic E-state index is -0.457. The van der Waals surface area contributed by atoms with E-state index in [-0.39, 0.29) is 0 Å². The molecule has 0 aliphatic rings. The van der Waals surface area contributed by atoms with Crippen molar-refractivity contribution in [3.8, 4) is 0 Å². The molecule has 0 fully saturated rings. The third-order valence-corrected chi connectivity index (χ3v) is 2.39. The van der Waals surface area contributed by atoms with E-state index >= 15 is 0 Å². The number of oxazole rings is 1. The van der Waals surface area contributed by atoms with Crippen molar-refractivity contribution in [2.24, 2.45) is 0 Å². The first-order valence-electron chi connectivity index (χ1n) is 4.76. The fourth-order valence-corrected chi connectivity index (χ4v) is 1.57. The normalized spacial score (nSPS) is 13.4. The van der Waals surface area contributed by atoms with Gasteiger partial charge in [-0.2, -0.15) is 0 Å². The van der Waals surface area contributed by atoms with Crippen LogP contribution in [0.3, 0.4) is 0 Å². The second-order valence-electron chi connectivity index (χ2n) is 3.41. The van der Waals surface area contributed by atoms with Gasteiger partial charge in [0.2, 0.25) is 0 Å². The first-order chi connectivity index (χ1) is 6.72. The van der Waals surface area contributed by atoms with Gasteiger partial charge in [0.25, 0.3) is 0 Å². The average Bonchev–Trinajstić information content (AvgIpc) is 2.63. The Morgan fingerprint density at radius 3 is 2.93 bits per heavy atom. The van der Waals surface area contributed by atoms with Crippen molar-refractivity contribution in [3.63, 3.8) is 0 Å². The molecule has 0 radical (unpaired) electrons. The van der Waals surface area contributed by atoms with E-state index in [4.69, 9.17) is 4.42 Å². The second-order valence-corrected chi connectivity index (χ2v) is 3.41. The monoisotopic (exact) mass is 191 g/mol. The lowest BCUT2D eigenvalue weighted by atomic mass is 10.0. The molecule has 0 spiro atoms. The first-order valence-corrected chi connectivity index (χ1v) is 4.76. The molecule has 0 aliphatic carbocycles. The number of aliphatic hydroxyl groups excluding tert-OH is 1. The summed E-state index contributed by atoms with van der Waals surface area (Å²) in [4.78, 5) is 4.09. The molecule has 1 N–H and O–H groups in total. The summed E-state index contributed by atoms with van der Waals surface area (Å²) in [5.41, 5.74) is 3.64. The zero-order chi connectivity index (χ0) is 10.1. The van der Waals surface area contributed by atoms with Crippen molar-refractivity contribution in [1.29, 1.82) is 0 Å². The van der Waals surface area contributed by atoms with Crippen LogP contribution in [0.5, 0.6) is 0 Å². The molecule has 1 atom stereocenters. The largest absolute Gasteiger partial charge is 0.443 e. The van der Waals surface area contributed by atoms with E-state index in [0.29, 0.717) is 0 Å². The zero-order valence-corrected chi connectivity index (χ0v) is 8.32. The summed E-state index contributed by atoms with van der Waals surface area (Å²) in [6, 6.07) is 3.83. The Labute approximate surface area is 82.4 Å². The quantitative estimate of drug-likeness (QED) is 0.793. The number of benzene rings is 1. The van der Waals surface area contributed by atoms with Crippen LogP contribution in [0.1, 0.15) is 31.1 Å². The molecular formula is C11H13NO2. The number of aryl methyl sites for hydroxylation is 1. The van der Waals surface area contributed by atoms with Gasteiger partial charge >= 0.3 is 0 Å². The lowest BCUT2D eigenvalue weighted by Crippen LogP contribution is -1.93. The van der Waals surface area contributed by atoms with Crippen LogP contribution in [0.25, 0.3) is 11.1 Å². The molecule has 2 aromatic rings. The van der Waals surface area contributed by atoms with E-state index in [1.165, 1.54) is 6.39 Å². The molecule has 0 saturated heterocycles. The van der Waals surface area contributed by atoms with Gasteiger partial charge in [0.1, 0.15) is 5.52 Å². The van der Waals surface area contributed by atoms with Gasteiger partial charge in [-0.05, 0) is 36.6 Å². The molecule has 74 valence electrons. The smallest absolute Gasteiger partial charge is 0.181 e. The standard InChI is InChI=1S/C11H13NO2/c1-3-8-4-9(7(2)13)5-10-11(8)14-6-12-10/h4-7,13H,3H2,1-2H3. The third kappa shape index (κ3) is 1.40. The lowest BCUT2D eigenvalue weighted by Gasteiger charge is -2.06. The Morgan fingerprint density at radius 2 is 2.29 bits per heavy atom. The molecule has 1 unspecified atom stereocenters. The van der Waals surface area contributed by atoms with Gasteiger partial charge in [0.05, 0.1) is 6.10 Å². The van der Waals surface area contributed by atoms with Crippen molar-refractivity contribution in [2.45, 2.75) is 26.4 Å². The number of hydrogen-bond donors (Lipinski definition) is 1. The Bertz CT molecular complexity index is 445. The average molecular weight is 191 g/mol. The Balaban J connectivity index is 2.67. The van der Waals surface area contributed by atoms with Crippen molar-refractivity contribution >= 4 is 11.1 Å². The predicted octanol–water partition coefficient (Wildman–Crippen LogP) is 2.44. The van der Waals surface area contributed by atoms with Crippen molar-refractivity contribution in [2.75, 3.05) is 0 Å². The van der Waals surface area contributed by atoms with Crippen LogP contribution in [0.4, 0.5) is 0 Å². The van der Waals surface area contributed by atoms with Gasteiger partial charge in [-0.1, -0.05) is 6.92 Å². The van der Waals surface area contributed by atoms with E-state index in [9.17, 15) is 5.11 Å². The summed E-state index contributed by atoms with van der Waals surface area (Å²) in [7, 11) is 0. The molecule has 1 aromatic heterocycles. The maximum absolute atomic E-state index is 9.48. The van der Waals surface area contributed by atoms with Gasteiger partial charge in [-0.3, -0.25) is 0 Å². The fourth-order valence-electron chi connectivity index (χ4n) is 1.57. The van der Waals surface area contributed by atoms with Crippen LogP contribution in [-0.2, 0) is 6.42 Å². The van der Waals surface area contributed by atoms with E-state index in [1.807, 2.05) is 12.1 Å². The predicted molar refractivity (Wildman–Crippen MR) is 54.0 cm³/mol. The number of fused-ring (bicyclic) bond motifs is 1. The highest BCUT2D eigenvalue weighted by molar-refractivity contribution is 5.77. The van der Waals surface area contributed by atoms with Gasteiger partial charge in [-0.25, -0.2) is 4.98 Å². The molecule has 2 rings (SSSR count). The molecule has 0 aliphatic heterocycles. The summed E-state index contributed by atoms with van der Waals surface area (Å²) in [5, 5.41) is 9.48. The highest BCUT2D eigenvalue weighted by atomic mass is 16.3. The third-order valence-electron chi connectivity index (χ3n) is 2.39. The molecular weight excluding hydrogens is 178 g/mol. The van der Waals surface area contributed by atoms with Crippen LogP contribution in [0.2, 0.25) is 0 Å². The summed E-state index contributed by atoms with van der Waals surface area (Å²) in [6.07, 6.45) is 1.86. The van der Waals surface area contributed by atoms with Crippen LogP contribution < -0.4 is 0 Å². The molecule has 0 bridgehead atoms. The van der Waals surface area contributed by atoms with Gasteiger partial charge in [0.15, 0.2) is 12.0 Å². The molecule has 1 heterocycles. The van der Waals surface area contributed by atoms with Crippen LogP contribution in [-0.4, -0.2) is 10.1 Å². The molecule has 3 nitrogen and oxygen atoms in total. The van der Waals surface area contributed by atoms with Gasteiger partial charge in [-0.15, -0.1) is 0 Å². The lowest BCUT2D eigenvalue weighted by molar-refractivity contribution is 0.199. The topological polar surface area (TPSA) is 46.3 Å². The summed E-state index contributed by atoms with van der Waals surface area (Å²) in [5.74, 6) is 0. The summed E-state index contributed by atoms with van der Waals surface area (Å²) in [6.45, 7) is 3.81. The molecule has 1 aromatic carbocycles. The fraction of sp³-hybridized carbons (Fsp3) is 0.364. The number of rotatable bonds is 2. The number of nitrogens with zero attached hydrogens (tertiary/aromatic N) is 1. The number of aliphatic hydroxyl groups is 1. The number of aromatic nitrogens is 1. The second kappa shape index (κ2) is 3.42. The molecule has 3 heteroatoms. The highest BCUT2D eigenvalue weighted by Crippen LogP contribution is 2.23. The van der Waals surface area contributed by atoms with Crippen LogP contribution in [0.15, 0.2) is 22.9 Å². The van der Waals surface area contributed by atoms with Gasteiger partial charge in [0, 0.05) is 0 Å². The first kappa shape index (κ1) is 9.21. The van der Waals surface area contributed by atoms with Crippen LogP contribution >= 0.6 is 0 Å². The van der Waals surface area contributed by atoms with E-state index in [0.717, 1.165) is 28.6 Å². The number of hydrogen-bond acceptors (Lipinski definition) is 3. The molecule has 0 saturated carbocycles. The maximum atomic E-state index is 9.48. The SMILES string of the molecule is CCc1cc(C(C)O)cc2ncoc12. The Kier molecular flexibility index (Phi) is 2.25. The molecule has 14 heavy (non-hydrogen) atoms. The van der Waals surface area contributed by atoms with Crippen LogP contribution in [0, 0.1) is 0 Å². The van der Waals surface area contributed by atoms with E-state index < -0.39 is 6.10 Å². The van der Waals surface area contributed by atoms with E-state index in [1.54, 1.807) is 6.92 Å². The van der Waals surface area contributed by atoms with Crippen molar-refractivity contribution in [3.05, 3.63) is 29.7 Å². The van der Waals surface area contributed by atoms with Gasteiger partial charge < -0.3 is 9.52 Å². The zero-order valence-electron chi connectivity index (χ0n) is 8.32. The maximum Gasteiger partial charge on any atom is 0.181 e. The minimum Gasteiger partial charge on any atom is -0.443 e. The Hall–Kier alpha value is -1.35. The van der Waals surface area contributed by atoms with Crippen molar-refractivity contribution in [1.82, 2.24) is 4.98 Å². The van der Waals surface area contributed by atoms with Crippen molar-refractivity contribution < 1.29 is 9.52 Å². The molecule has 0 amide bonds. The highest BCUT2D eigenvalue weighted by Gasteiger charge is 2.09. The summed E-state index contributed by atoms with van der Waals surface area (Å²) < 4.78 is 5.28.